The minimum Gasteiger partial charge on any atom is -0.310 e. The van der Waals surface area contributed by atoms with Crippen LogP contribution in [-0.2, 0) is 6.42 Å². The third kappa shape index (κ3) is 4.33. The first kappa shape index (κ1) is 15.6. The van der Waals surface area contributed by atoms with Crippen molar-refractivity contribution in [1.82, 2.24) is 5.32 Å². The number of likely N-dealkylation sites (N-methyl/N-ethyl adjacent to an activating group) is 1. The second-order valence-corrected chi connectivity index (χ2v) is 5.15. The Kier molecular flexibility index (Phi) is 5.02. The van der Waals surface area contributed by atoms with Crippen LogP contribution in [0.2, 0.25) is 0 Å². The van der Waals surface area contributed by atoms with E-state index in [1.807, 2.05) is 19.9 Å². The molecule has 0 amide bonds. The second kappa shape index (κ2) is 6.76. The fourth-order valence-electron chi connectivity index (χ4n) is 2.48. The molecule has 4 heteroatoms. The average Bonchev–Trinajstić information content (AvgIpc) is 2.35. The van der Waals surface area contributed by atoms with Crippen molar-refractivity contribution in [3.8, 4) is 0 Å². The summed E-state index contributed by atoms with van der Waals surface area (Å²) in [7, 11) is 0. The Hall–Kier alpha value is -1.81. The molecule has 0 aliphatic rings. The Bertz CT molecular complexity index is 585. The molecular formula is C17H18F3N. The second-order valence-electron chi connectivity index (χ2n) is 5.15. The molecule has 1 atom stereocenters. The summed E-state index contributed by atoms with van der Waals surface area (Å²) >= 11 is 0. The summed E-state index contributed by atoms with van der Waals surface area (Å²) in [5, 5.41) is 3.23. The smallest absolute Gasteiger partial charge is 0.126 e. The van der Waals surface area contributed by atoms with E-state index in [0.717, 1.165) is 17.2 Å². The molecule has 2 aromatic carbocycles. The van der Waals surface area contributed by atoms with Gasteiger partial charge in [0, 0.05) is 12.1 Å². The van der Waals surface area contributed by atoms with E-state index in [0.29, 0.717) is 18.5 Å². The van der Waals surface area contributed by atoms with E-state index in [4.69, 9.17) is 0 Å². The highest BCUT2D eigenvalue weighted by molar-refractivity contribution is 5.29. The molecule has 0 saturated carbocycles. The Balaban J connectivity index is 2.30. The van der Waals surface area contributed by atoms with Crippen LogP contribution in [0.4, 0.5) is 13.2 Å². The van der Waals surface area contributed by atoms with Crippen molar-refractivity contribution < 1.29 is 13.2 Å². The maximum atomic E-state index is 13.5. The molecule has 0 fully saturated rings. The van der Waals surface area contributed by atoms with E-state index in [9.17, 15) is 13.2 Å². The number of benzene rings is 2. The summed E-state index contributed by atoms with van der Waals surface area (Å²) < 4.78 is 40.1. The lowest BCUT2D eigenvalue weighted by Crippen LogP contribution is -2.23. The van der Waals surface area contributed by atoms with Gasteiger partial charge in [0.25, 0.3) is 0 Å². The first-order chi connectivity index (χ1) is 9.97. The third-order valence-electron chi connectivity index (χ3n) is 3.28. The maximum absolute atomic E-state index is 13.5. The van der Waals surface area contributed by atoms with Crippen LogP contribution in [0.3, 0.4) is 0 Å². The minimum atomic E-state index is -0.601. The molecular weight excluding hydrogens is 275 g/mol. The number of nitrogens with one attached hydrogen (secondary N) is 1. The quantitative estimate of drug-likeness (QED) is 0.866. The van der Waals surface area contributed by atoms with Gasteiger partial charge in [0.2, 0.25) is 0 Å². The molecule has 0 aliphatic heterocycles. The topological polar surface area (TPSA) is 12.0 Å². The summed E-state index contributed by atoms with van der Waals surface area (Å²) in [5.41, 5.74) is 2.14. The predicted octanol–water partition coefficient (Wildman–Crippen LogP) is 4.31. The first-order valence-electron chi connectivity index (χ1n) is 6.93. The fourth-order valence-corrected chi connectivity index (χ4v) is 2.48. The van der Waals surface area contributed by atoms with Crippen LogP contribution in [0.25, 0.3) is 0 Å². The molecule has 1 unspecified atom stereocenters. The van der Waals surface area contributed by atoms with Crippen molar-refractivity contribution in [3.63, 3.8) is 0 Å². The van der Waals surface area contributed by atoms with Crippen molar-refractivity contribution in [2.45, 2.75) is 26.3 Å². The zero-order valence-corrected chi connectivity index (χ0v) is 12.1. The van der Waals surface area contributed by atoms with Crippen molar-refractivity contribution in [3.05, 3.63) is 70.5 Å². The van der Waals surface area contributed by atoms with Crippen LogP contribution < -0.4 is 5.32 Å². The normalized spacial score (nSPS) is 12.4. The van der Waals surface area contributed by atoms with E-state index in [1.165, 1.54) is 24.3 Å². The molecule has 112 valence electrons. The van der Waals surface area contributed by atoms with Crippen LogP contribution >= 0.6 is 0 Å². The number of hydrogen-bond donors (Lipinski definition) is 1. The van der Waals surface area contributed by atoms with Gasteiger partial charge in [0.05, 0.1) is 0 Å². The van der Waals surface area contributed by atoms with Crippen LogP contribution in [0.1, 0.15) is 29.7 Å². The van der Waals surface area contributed by atoms with Crippen molar-refractivity contribution >= 4 is 0 Å². The fraction of sp³-hybridized carbons (Fsp3) is 0.294. The average molecular weight is 293 g/mol. The number of aryl methyl sites for hydroxylation is 1. The van der Waals surface area contributed by atoms with Gasteiger partial charge < -0.3 is 5.32 Å². The van der Waals surface area contributed by atoms with Gasteiger partial charge in [-0.1, -0.05) is 13.0 Å². The lowest BCUT2D eigenvalue weighted by Gasteiger charge is -2.19. The highest BCUT2D eigenvalue weighted by Crippen LogP contribution is 2.22. The SMILES string of the molecule is CCNC(Cc1cc(F)cc(F)c1)c1cc(C)cc(F)c1. The minimum absolute atomic E-state index is 0.189. The summed E-state index contributed by atoms with van der Waals surface area (Å²) in [5.74, 6) is -1.51. The highest BCUT2D eigenvalue weighted by Gasteiger charge is 2.14. The Morgan fingerprint density at radius 3 is 2.10 bits per heavy atom. The van der Waals surface area contributed by atoms with Gasteiger partial charge in [-0.15, -0.1) is 0 Å². The standard InChI is InChI=1S/C17H18F3N/c1-3-21-17(13-4-11(2)5-14(18)9-13)8-12-6-15(19)10-16(20)7-12/h4-7,9-10,17,21H,3,8H2,1-2H3. The first-order valence-corrected chi connectivity index (χ1v) is 6.93. The molecule has 0 spiro atoms. The lowest BCUT2D eigenvalue weighted by molar-refractivity contribution is 0.533. The largest absolute Gasteiger partial charge is 0.310 e. The summed E-state index contributed by atoms with van der Waals surface area (Å²) in [6.45, 7) is 4.43. The van der Waals surface area contributed by atoms with Gasteiger partial charge in [-0.05, 0) is 60.8 Å². The number of halogens is 3. The molecule has 0 radical (unpaired) electrons. The van der Waals surface area contributed by atoms with Crippen molar-refractivity contribution in [2.24, 2.45) is 0 Å². The molecule has 2 aromatic rings. The van der Waals surface area contributed by atoms with Gasteiger partial charge in [0.15, 0.2) is 0 Å². The summed E-state index contributed by atoms with van der Waals surface area (Å²) in [6, 6.07) is 8.05. The lowest BCUT2D eigenvalue weighted by atomic mass is 9.97. The molecule has 0 heterocycles. The number of hydrogen-bond acceptors (Lipinski definition) is 1. The monoisotopic (exact) mass is 293 g/mol. The predicted molar refractivity (Wildman–Crippen MR) is 77.6 cm³/mol. The van der Waals surface area contributed by atoms with E-state index < -0.39 is 11.6 Å². The summed E-state index contributed by atoms with van der Waals surface area (Å²) in [6.07, 6.45) is 0.394. The van der Waals surface area contributed by atoms with E-state index >= 15 is 0 Å². The molecule has 0 aromatic heterocycles. The zero-order valence-electron chi connectivity index (χ0n) is 12.1. The molecule has 0 saturated heterocycles. The molecule has 21 heavy (non-hydrogen) atoms. The van der Waals surface area contributed by atoms with Crippen LogP contribution in [-0.4, -0.2) is 6.54 Å². The van der Waals surface area contributed by atoms with E-state index in [2.05, 4.69) is 5.32 Å². The van der Waals surface area contributed by atoms with Gasteiger partial charge in [-0.2, -0.15) is 0 Å². The highest BCUT2D eigenvalue weighted by atomic mass is 19.1. The number of rotatable bonds is 5. The molecule has 0 aliphatic carbocycles. The van der Waals surface area contributed by atoms with E-state index in [-0.39, 0.29) is 11.9 Å². The van der Waals surface area contributed by atoms with Crippen LogP contribution in [0.5, 0.6) is 0 Å². The molecule has 0 bridgehead atoms. The van der Waals surface area contributed by atoms with Gasteiger partial charge >= 0.3 is 0 Å². The van der Waals surface area contributed by atoms with Crippen LogP contribution in [0.15, 0.2) is 36.4 Å². The molecule has 1 N–H and O–H groups in total. The Morgan fingerprint density at radius 2 is 1.52 bits per heavy atom. The molecule has 2 rings (SSSR count). The Labute approximate surface area is 122 Å². The van der Waals surface area contributed by atoms with Gasteiger partial charge in [-0.3, -0.25) is 0 Å². The van der Waals surface area contributed by atoms with E-state index in [1.54, 1.807) is 0 Å². The van der Waals surface area contributed by atoms with Gasteiger partial charge in [-0.25, -0.2) is 13.2 Å². The van der Waals surface area contributed by atoms with Gasteiger partial charge in [0.1, 0.15) is 17.5 Å². The Morgan fingerprint density at radius 1 is 0.905 bits per heavy atom. The van der Waals surface area contributed by atoms with Crippen molar-refractivity contribution in [2.75, 3.05) is 6.54 Å². The van der Waals surface area contributed by atoms with Crippen molar-refractivity contribution in [1.29, 1.82) is 0 Å². The molecule has 1 nitrogen and oxygen atoms in total. The zero-order chi connectivity index (χ0) is 15.4. The van der Waals surface area contributed by atoms with Crippen LogP contribution in [0, 0.1) is 24.4 Å². The maximum Gasteiger partial charge on any atom is 0.126 e. The third-order valence-corrected chi connectivity index (χ3v) is 3.28. The summed E-state index contributed by atoms with van der Waals surface area (Å²) in [4.78, 5) is 0.